The fourth-order valence-electron chi connectivity index (χ4n) is 5.16. The first kappa shape index (κ1) is 21.7. The number of aromatic nitrogens is 1. The van der Waals surface area contributed by atoms with E-state index in [1.165, 1.54) is 6.42 Å². The van der Waals surface area contributed by atoms with Gasteiger partial charge in [-0.3, -0.25) is 5.32 Å². The first-order valence-corrected chi connectivity index (χ1v) is 11.3. The number of rotatable bonds is 6. The van der Waals surface area contributed by atoms with E-state index in [2.05, 4.69) is 10.3 Å². The van der Waals surface area contributed by atoms with Crippen LogP contribution in [0.1, 0.15) is 63.3 Å². The van der Waals surface area contributed by atoms with Crippen molar-refractivity contribution in [1.29, 1.82) is 0 Å². The summed E-state index contributed by atoms with van der Waals surface area (Å²) in [5.41, 5.74) is 1.43. The summed E-state index contributed by atoms with van der Waals surface area (Å²) >= 11 is 0. The van der Waals surface area contributed by atoms with E-state index in [4.69, 9.17) is 14.2 Å². The molecule has 0 saturated heterocycles. The Bertz CT molecular complexity index is 942. The molecule has 0 radical (unpaired) electrons. The maximum atomic E-state index is 13.2. The van der Waals surface area contributed by atoms with E-state index in [9.17, 15) is 9.59 Å². The van der Waals surface area contributed by atoms with Gasteiger partial charge in [-0.2, -0.15) is 0 Å². The Morgan fingerprint density at radius 3 is 2.35 bits per heavy atom. The number of H-pyrrole nitrogens is 1. The summed E-state index contributed by atoms with van der Waals surface area (Å²) in [7, 11) is 1.63. The van der Waals surface area contributed by atoms with E-state index in [0.717, 1.165) is 53.6 Å². The number of aromatic amines is 1. The summed E-state index contributed by atoms with van der Waals surface area (Å²) in [5.74, 6) is -0.0831. The number of nitrogens with one attached hydrogen (secondary N) is 2. The average Bonchev–Trinajstić information content (AvgIpc) is 3.16. The van der Waals surface area contributed by atoms with Crippen LogP contribution in [-0.4, -0.2) is 42.8 Å². The van der Waals surface area contributed by atoms with Crippen LogP contribution in [0.5, 0.6) is 5.75 Å². The topological polar surface area (TPSA) is 89.7 Å². The maximum absolute atomic E-state index is 13.2. The minimum Gasteiger partial charge on any atom is -0.497 e. The minimum absolute atomic E-state index is 0.156. The van der Waals surface area contributed by atoms with E-state index in [1.54, 1.807) is 21.0 Å². The lowest BCUT2D eigenvalue weighted by Crippen LogP contribution is -2.64. The second-order valence-electron chi connectivity index (χ2n) is 8.47. The van der Waals surface area contributed by atoms with E-state index in [1.807, 2.05) is 18.2 Å². The summed E-state index contributed by atoms with van der Waals surface area (Å²) in [4.78, 5) is 30.0. The number of hydrogen-bond donors (Lipinski definition) is 2. The van der Waals surface area contributed by atoms with Crippen LogP contribution in [0.15, 0.2) is 18.2 Å². The van der Waals surface area contributed by atoms with Crippen LogP contribution in [0.3, 0.4) is 0 Å². The molecule has 0 spiro atoms. The highest BCUT2D eigenvalue weighted by Crippen LogP contribution is 2.44. The number of benzene rings is 1. The molecule has 1 aliphatic heterocycles. The van der Waals surface area contributed by atoms with Gasteiger partial charge >= 0.3 is 11.9 Å². The Hall–Kier alpha value is -2.54. The van der Waals surface area contributed by atoms with Crippen LogP contribution >= 0.6 is 0 Å². The van der Waals surface area contributed by atoms with Gasteiger partial charge in [-0.1, -0.05) is 19.3 Å². The third-order valence-corrected chi connectivity index (χ3v) is 6.67. The molecule has 2 N–H and O–H groups in total. The number of ether oxygens (including phenoxy) is 3. The van der Waals surface area contributed by atoms with Gasteiger partial charge in [-0.05, 0) is 56.4 Å². The summed E-state index contributed by atoms with van der Waals surface area (Å²) in [6.07, 6.45) is 5.81. The molecule has 1 fully saturated rings. The highest BCUT2D eigenvalue weighted by atomic mass is 16.6. The molecular formula is C24H32N2O5. The van der Waals surface area contributed by atoms with E-state index >= 15 is 0 Å². The average molecular weight is 429 g/mol. The zero-order valence-corrected chi connectivity index (χ0v) is 18.6. The zero-order valence-electron chi connectivity index (χ0n) is 18.6. The predicted octanol–water partition coefficient (Wildman–Crippen LogP) is 3.81. The number of carbonyl (C=O) groups is 2. The highest BCUT2D eigenvalue weighted by molar-refractivity contribution is 6.06. The van der Waals surface area contributed by atoms with Crippen LogP contribution in [-0.2, 0) is 25.5 Å². The third kappa shape index (κ3) is 3.80. The van der Waals surface area contributed by atoms with Crippen molar-refractivity contribution in [2.75, 3.05) is 20.3 Å². The smallest absolute Gasteiger partial charge is 0.338 e. The van der Waals surface area contributed by atoms with Crippen molar-refractivity contribution in [3.8, 4) is 5.75 Å². The van der Waals surface area contributed by atoms with Crippen LogP contribution in [0.25, 0.3) is 10.9 Å². The van der Waals surface area contributed by atoms with Crippen molar-refractivity contribution in [3.05, 3.63) is 29.5 Å². The van der Waals surface area contributed by atoms with Gasteiger partial charge in [-0.25, -0.2) is 9.59 Å². The van der Waals surface area contributed by atoms with Crippen molar-refractivity contribution in [2.24, 2.45) is 5.92 Å². The summed E-state index contributed by atoms with van der Waals surface area (Å²) in [6, 6.07) is 5.71. The molecule has 1 aliphatic carbocycles. The highest BCUT2D eigenvalue weighted by Gasteiger charge is 2.55. The molecule has 1 aromatic heterocycles. The van der Waals surface area contributed by atoms with Crippen molar-refractivity contribution in [1.82, 2.24) is 10.3 Å². The Morgan fingerprint density at radius 2 is 1.74 bits per heavy atom. The van der Waals surface area contributed by atoms with Gasteiger partial charge < -0.3 is 19.2 Å². The summed E-state index contributed by atoms with van der Waals surface area (Å²) in [6.45, 7) is 3.90. The quantitative estimate of drug-likeness (QED) is 0.537. The van der Waals surface area contributed by atoms with E-state index in [0.29, 0.717) is 5.92 Å². The molecule has 0 amide bonds. The normalized spacial score (nSPS) is 20.8. The second kappa shape index (κ2) is 8.91. The molecule has 7 nitrogen and oxygen atoms in total. The third-order valence-electron chi connectivity index (χ3n) is 6.67. The van der Waals surface area contributed by atoms with Gasteiger partial charge in [0.1, 0.15) is 5.75 Å². The molecule has 2 heterocycles. The van der Waals surface area contributed by atoms with Gasteiger partial charge in [-0.15, -0.1) is 0 Å². The monoisotopic (exact) mass is 428 g/mol. The lowest BCUT2D eigenvalue weighted by Gasteiger charge is -2.42. The Kier molecular flexibility index (Phi) is 6.23. The Labute approximate surface area is 182 Å². The molecule has 7 heteroatoms. The molecule has 0 unspecified atom stereocenters. The number of fused-ring (bicyclic) bond motifs is 3. The lowest BCUT2D eigenvalue weighted by molar-refractivity contribution is -0.167. The lowest BCUT2D eigenvalue weighted by atomic mass is 9.75. The molecule has 1 saturated carbocycles. The standard InChI is InChI=1S/C24H32N2O5/c1-4-30-22(27)24(23(28)31-5-2)14-18-17-13-16(29-3)11-12-19(17)25-21(18)20(26-24)15-9-7-6-8-10-15/h11-13,15,20,25-26H,4-10,14H2,1-3H3/t20-/m1/s1. The fourth-order valence-corrected chi connectivity index (χ4v) is 5.16. The largest absolute Gasteiger partial charge is 0.497 e. The molecular weight excluding hydrogens is 396 g/mol. The SMILES string of the molecule is CCOC(=O)C1(C(=O)OCC)Cc2c([nH]c3ccc(OC)cc23)[C@@H](C2CCCCC2)N1. The molecule has 0 bridgehead atoms. The molecule has 1 aromatic carbocycles. The molecule has 1 atom stereocenters. The number of carbonyl (C=O) groups excluding carboxylic acids is 2. The van der Waals surface area contributed by atoms with Crippen LogP contribution in [0.2, 0.25) is 0 Å². The van der Waals surface area contributed by atoms with Crippen LogP contribution < -0.4 is 10.1 Å². The number of hydrogen-bond acceptors (Lipinski definition) is 6. The van der Waals surface area contributed by atoms with Crippen LogP contribution in [0.4, 0.5) is 0 Å². The second-order valence-corrected chi connectivity index (χ2v) is 8.47. The van der Waals surface area contributed by atoms with Crippen molar-refractivity contribution in [2.45, 2.75) is 64.0 Å². The zero-order chi connectivity index (χ0) is 22.0. The molecule has 2 aliphatic rings. The maximum Gasteiger partial charge on any atom is 0.338 e. The van der Waals surface area contributed by atoms with Crippen molar-refractivity contribution < 1.29 is 23.8 Å². The fraction of sp³-hybridized carbons (Fsp3) is 0.583. The first-order chi connectivity index (χ1) is 15.0. The Balaban J connectivity index is 1.88. The predicted molar refractivity (Wildman–Crippen MR) is 117 cm³/mol. The number of esters is 2. The minimum atomic E-state index is -1.56. The summed E-state index contributed by atoms with van der Waals surface area (Å²) in [5, 5.41) is 4.41. The van der Waals surface area contributed by atoms with Crippen LogP contribution in [0, 0.1) is 5.92 Å². The van der Waals surface area contributed by atoms with Crippen molar-refractivity contribution in [3.63, 3.8) is 0 Å². The molecule has 168 valence electrons. The summed E-state index contributed by atoms with van der Waals surface area (Å²) < 4.78 is 16.2. The Morgan fingerprint density at radius 1 is 1.06 bits per heavy atom. The molecule has 31 heavy (non-hydrogen) atoms. The van der Waals surface area contributed by atoms with E-state index in [-0.39, 0.29) is 25.7 Å². The van der Waals surface area contributed by atoms with Gasteiger partial charge in [0.05, 0.1) is 26.4 Å². The van der Waals surface area contributed by atoms with Gasteiger partial charge in [0.15, 0.2) is 0 Å². The molecule has 4 rings (SSSR count). The van der Waals surface area contributed by atoms with Gasteiger partial charge in [0, 0.05) is 23.0 Å². The van der Waals surface area contributed by atoms with Gasteiger partial charge in [0.2, 0.25) is 5.54 Å². The number of methoxy groups -OCH3 is 1. The van der Waals surface area contributed by atoms with E-state index < -0.39 is 17.5 Å². The van der Waals surface area contributed by atoms with Gasteiger partial charge in [0.25, 0.3) is 0 Å². The molecule has 2 aromatic rings. The first-order valence-electron chi connectivity index (χ1n) is 11.3. The van der Waals surface area contributed by atoms with Crippen molar-refractivity contribution >= 4 is 22.8 Å².